The van der Waals surface area contributed by atoms with E-state index in [1.54, 1.807) is 12.3 Å². The Hall–Kier alpha value is -1.63. The second kappa shape index (κ2) is 5.56. The van der Waals surface area contributed by atoms with E-state index in [4.69, 9.17) is 0 Å². The van der Waals surface area contributed by atoms with Gasteiger partial charge in [0.1, 0.15) is 12.1 Å². The van der Waals surface area contributed by atoms with Crippen LogP contribution in [-0.4, -0.2) is 9.97 Å². The molecular weight excluding hydrogens is 323 g/mol. The van der Waals surface area contributed by atoms with Gasteiger partial charge in [-0.1, -0.05) is 12.1 Å². The van der Waals surface area contributed by atoms with Crippen LogP contribution in [0.3, 0.4) is 0 Å². The van der Waals surface area contributed by atoms with E-state index in [0.29, 0.717) is 15.9 Å². The lowest BCUT2D eigenvalue weighted by atomic mass is 10.1. The number of halogens is 4. The van der Waals surface area contributed by atoms with Crippen molar-refractivity contribution in [1.82, 2.24) is 9.97 Å². The number of benzene rings is 1. The van der Waals surface area contributed by atoms with Crippen LogP contribution in [0.5, 0.6) is 0 Å². The standard InChI is InChI=1S/C12H9BrF3N3/c13-10-6-17-7-19-11(10)18-5-8-2-1-3-9(4-8)12(14,15)16/h1-4,6-7H,5H2,(H,17,18,19). The van der Waals surface area contributed by atoms with Crippen LogP contribution in [0, 0.1) is 0 Å². The van der Waals surface area contributed by atoms with Crippen LogP contribution in [0.1, 0.15) is 11.1 Å². The lowest BCUT2D eigenvalue weighted by molar-refractivity contribution is -0.137. The molecule has 1 N–H and O–H groups in total. The van der Waals surface area contributed by atoms with Gasteiger partial charge in [0.2, 0.25) is 0 Å². The molecule has 0 amide bonds. The van der Waals surface area contributed by atoms with Gasteiger partial charge in [0, 0.05) is 12.7 Å². The van der Waals surface area contributed by atoms with Crippen molar-refractivity contribution < 1.29 is 13.2 Å². The van der Waals surface area contributed by atoms with Crippen LogP contribution in [0.15, 0.2) is 41.3 Å². The quantitative estimate of drug-likeness (QED) is 0.927. The number of anilines is 1. The van der Waals surface area contributed by atoms with Gasteiger partial charge in [-0.15, -0.1) is 0 Å². The largest absolute Gasteiger partial charge is 0.416 e. The summed E-state index contributed by atoms with van der Waals surface area (Å²) in [5, 5.41) is 2.94. The fourth-order valence-electron chi connectivity index (χ4n) is 1.49. The van der Waals surface area contributed by atoms with Crippen molar-refractivity contribution in [2.24, 2.45) is 0 Å². The smallest absolute Gasteiger partial charge is 0.365 e. The van der Waals surface area contributed by atoms with Gasteiger partial charge in [0.15, 0.2) is 0 Å². The van der Waals surface area contributed by atoms with Gasteiger partial charge in [-0.3, -0.25) is 0 Å². The minimum absolute atomic E-state index is 0.250. The maximum absolute atomic E-state index is 12.5. The summed E-state index contributed by atoms with van der Waals surface area (Å²) in [7, 11) is 0. The molecule has 100 valence electrons. The molecule has 0 atom stereocenters. The molecule has 2 aromatic rings. The molecule has 0 aliphatic heterocycles. The lowest BCUT2D eigenvalue weighted by Gasteiger charge is -2.10. The Morgan fingerprint density at radius 2 is 2.05 bits per heavy atom. The number of nitrogens with one attached hydrogen (secondary N) is 1. The molecule has 0 radical (unpaired) electrons. The SMILES string of the molecule is FC(F)(F)c1cccc(CNc2ncncc2Br)c1. The van der Waals surface area contributed by atoms with Gasteiger partial charge < -0.3 is 5.32 Å². The highest BCUT2D eigenvalue weighted by Crippen LogP contribution is 2.29. The van der Waals surface area contributed by atoms with E-state index in [1.165, 1.54) is 12.4 Å². The second-order valence-corrected chi connectivity index (χ2v) is 4.63. The van der Waals surface area contributed by atoms with Crippen LogP contribution in [0.25, 0.3) is 0 Å². The summed E-state index contributed by atoms with van der Waals surface area (Å²) in [6, 6.07) is 5.17. The van der Waals surface area contributed by atoms with E-state index in [1.807, 2.05) is 0 Å². The van der Waals surface area contributed by atoms with Gasteiger partial charge in [-0.05, 0) is 33.6 Å². The normalized spacial score (nSPS) is 11.4. The van der Waals surface area contributed by atoms with Crippen molar-refractivity contribution in [3.8, 4) is 0 Å². The van der Waals surface area contributed by atoms with E-state index >= 15 is 0 Å². The lowest BCUT2D eigenvalue weighted by Crippen LogP contribution is -2.07. The molecule has 1 heterocycles. The number of aromatic nitrogens is 2. The van der Waals surface area contributed by atoms with Crippen molar-refractivity contribution in [2.75, 3.05) is 5.32 Å². The summed E-state index contributed by atoms with van der Waals surface area (Å²) in [6.45, 7) is 0.250. The molecule has 0 aliphatic rings. The van der Waals surface area contributed by atoms with Crippen molar-refractivity contribution in [3.63, 3.8) is 0 Å². The molecule has 1 aromatic carbocycles. The molecule has 0 unspecified atom stereocenters. The number of alkyl halides is 3. The maximum atomic E-state index is 12.5. The third kappa shape index (κ3) is 3.66. The first kappa shape index (κ1) is 13.8. The van der Waals surface area contributed by atoms with Crippen LogP contribution in [-0.2, 0) is 12.7 Å². The highest BCUT2D eigenvalue weighted by molar-refractivity contribution is 9.10. The topological polar surface area (TPSA) is 37.8 Å². The minimum atomic E-state index is -4.33. The number of rotatable bonds is 3. The number of nitrogens with zero attached hydrogens (tertiary/aromatic N) is 2. The molecule has 0 saturated heterocycles. The zero-order chi connectivity index (χ0) is 13.9. The Bertz CT molecular complexity index is 572. The first-order valence-corrected chi connectivity index (χ1v) is 6.11. The Kier molecular flexibility index (Phi) is 4.04. The van der Waals surface area contributed by atoms with Crippen molar-refractivity contribution in [2.45, 2.75) is 12.7 Å². The first-order valence-electron chi connectivity index (χ1n) is 5.32. The van der Waals surface area contributed by atoms with E-state index in [-0.39, 0.29) is 6.54 Å². The van der Waals surface area contributed by atoms with Gasteiger partial charge >= 0.3 is 6.18 Å². The monoisotopic (exact) mass is 331 g/mol. The minimum Gasteiger partial charge on any atom is -0.365 e. The summed E-state index contributed by atoms with van der Waals surface area (Å²) in [6.07, 6.45) is -1.41. The van der Waals surface area contributed by atoms with Gasteiger partial charge in [-0.2, -0.15) is 13.2 Å². The van der Waals surface area contributed by atoms with Crippen molar-refractivity contribution in [1.29, 1.82) is 0 Å². The van der Waals surface area contributed by atoms with E-state index in [9.17, 15) is 13.2 Å². The Morgan fingerprint density at radius 1 is 1.26 bits per heavy atom. The van der Waals surface area contributed by atoms with Crippen LogP contribution in [0.4, 0.5) is 19.0 Å². The fourth-order valence-corrected chi connectivity index (χ4v) is 1.85. The fraction of sp³-hybridized carbons (Fsp3) is 0.167. The third-order valence-electron chi connectivity index (χ3n) is 2.38. The highest BCUT2D eigenvalue weighted by atomic mass is 79.9. The third-order valence-corrected chi connectivity index (χ3v) is 2.96. The van der Waals surface area contributed by atoms with E-state index in [2.05, 4.69) is 31.2 Å². The summed E-state index contributed by atoms with van der Waals surface area (Å²) in [4.78, 5) is 7.77. The zero-order valence-corrected chi connectivity index (χ0v) is 11.2. The molecule has 0 fully saturated rings. The molecular formula is C12H9BrF3N3. The van der Waals surface area contributed by atoms with Crippen molar-refractivity contribution >= 4 is 21.7 Å². The number of hydrogen-bond donors (Lipinski definition) is 1. The molecule has 3 nitrogen and oxygen atoms in total. The van der Waals surface area contributed by atoms with Crippen LogP contribution >= 0.6 is 15.9 Å². The summed E-state index contributed by atoms with van der Waals surface area (Å²) in [5.41, 5.74) is -0.131. The van der Waals surface area contributed by atoms with Gasteiger partial charge in [0.25, 0.3) is 0 Å². The molecule has 0 spiro atoms. The molecule has 1 aromatic heterocycles. The Balaban J connectivity index is 2.10. The second-order valence-electron chi connectivity index (χ2n) is 3.77. The maximum Gasteiger partial charge on any atom is 0.416 e. The predicted octanol–water partition coefficient (Wildman–Crippen LogP) is 3.87. The highest BCUT2D eigenvalue weighted by Gasteiger charge is 2.30. The summed E-state index contributed by atoms with van der Waals surface area (Å²) in [5.74, 6) is 0.535. The predicted molar refractivity (Wildman–Crippen MR) is 68.5 cm³/mol. The average molecular weight is 332 g/mol. The molecule has 19 heavy (non-hydrogen) atoms. The molecule has 0 aliphatic carbocycles. The average Bonchev–Trinajstić information content (AvgIpc) is 2.37. The Morgan fingerprint density at radius 3 is 2.74 bits per heavy atom. The summed E-state index contributed by atoms with van der Waals surface area (Å²) < 4.78 is 38.3. The molecule has 2 rings (SSSR count). The zero-order valence-electron chi connectivity index (χ0n) is 9.58. The molecule has 0 bridgehead atoms. The molecule has 7 heteroatoms. The van der Waals surface area contributed by atoms with E-state index in [0.717, 1.165) is 12.1 Å². The van der Waals surface area contributed by atoms with Crippen LogP contribution < -0.4 is 5.32 Å². The van der Waals surface area contributed by atoms with E-state index < -0.39 is 11.7 Å². The van der Waals surface area contributed by atoms with Crippen molar-refractivity contribution in [3.05, 3.63) is 52.4 Å². The van der Waals surface area contributed by atoms with Gasteiger partial charge in [-0.25, -0.2) is 9.97 Å². The summed E-state index contributed by atoms with van der Waals surface area (Å²) >= 11 is 3.25. The number of hydrogen-bond acceptors (Lipinski definition) is 3. The van der Waals surface area contributed by atoms with Crippen LogP contribution in [0.2, 0.25) is 0 Å². The first-order chi connectivity index (χ1) is 8.97. The Labute approximate surface area is 116 Å². The van der Waals surface area contributed by atoms with Gasteiger partial charge in [0.05, 0.1) is 10.0 Å². The molecule has 0 saturated carbocycles.